The molecule has 1 spiro atoms. The van der Waals surface area contributed by atoms with Gasteiger partial charge < -0.3 is 15.0 Å². The second-order valence-corrected chi connectivity index (χ2v) is 7.35. The Hall–Kier alpha value is -3.06. The van der Waals surface area contributed by atoms with Gasteiger partial charge in [0.05, 0.1) is 30.2 Å². The van der Waals surface area contributed by atoms with E-state index in [0.717, 1.165) is 5.56 Å². The first-order valence-corrected chi connectivity index (χ1v) is 9.19. The molecule has 4 atom stereocenters. The van der Waals surface area contributed by atoms with Crippen LogP contribution in [0.25, 0.3) is 0 Å². The third kappa shape index (κ3) is 2.46. The van der Waals surface area contributed by atoms with Gasteiger partial charge in [-0.3, -0.25) is 14.6 Å². The molecule has 1 N–H and O–H groups in total. The molecular weight excluding hydrogens is 361 g/mol. The molecule has 2 saturated heterocycles. The predicted molar refractivity (Wildman–Crippen MR) is 98.6 cm³/mol. The fraction of sp³-hybridized carbons (Fsp3) is 0.286. The van der Waals surface area contributed by atoms with Crippen LogP contribution in [0.4, 0.5) is 10.1 Å². The Morgan fingerprint density at radius 3 is 2.86 bits per heavy atom. The van der Waals surface area contributed by atoms with Crippen molar-refractivity contribution in [3.8, 4) is 0 Å². The number of carbonyl (C=O) groups excluding carboxylic acids is 2. The summed E-state index contributed by atoms with van der Waals surface area (Å²) in [5, 5.41) is 2.90. The number of hydrogen-bond acceptors (Lipinski definition) is 4. The van der Waals surface area contributed by atoms with E-state index in [0.29, 0.717) is 6.54 Å². The number of pyridine rings is 1. The van der Waals surface area contributed by atoms with E-state index in [1.807, 2.05) is 24.3 Å². The number of nitrogens with zero attached hydrogens (tertiary/aromatic N) is 2. The van der Waals surface area contributed by atoms with Crippen LogP contribution < -0.4 is 10.2 Å². The molecule has 0 saturated carbocycles. The van der Waals surface area contributed by atoms with Crippen LogP contribution in [-0.2, 0) is 20.9 Å². The van der Waals surface area contributed by atoms with E-state index < -0.39 is 29.4 Å². The minimum Gasteiger partial charge on any atom is -0.360 e. The molecule has 0 aliphatic carbocycles. The van der Waals surface area contributed by atoms with Gasteiger partial charge in [0, 0.05) is 18.9 Å². The molecule has 2 amide bonds. The van der Waals surface area contributed by atoms with Crippen LogP contribution in [0.15, 0.2) is 60.9 Å². The minimum absolute atomic E-state index is 0.207. The number of nitrogens with one attached hydrogen (secondary N) is 1. The number of aromatic nitrogens is 1. The van der Waals surface area contributed by atoms with Crippen LogP contribution in [0.1, 0.15) is 5.56 Å². The topological polar surface area (TPSA) is 71.5 Å². The lowest BCUT2D eigenvalue weighted by atomic mass is 9.77. The monoisotopic (exact) mass is 379 g/mol. The normalized spacial score (nSPS) is 30.0. The van der Waals surface area contributed by atoms with E-state index in [4.69, 9.17) is 4.74 Å². The van der Waals surface area contributed by atoms with Gasteiger partial charge in [0.15, 0.2) is 0 Å². The number of ether oxygens (including phenoxy) is 1. The summed E-state index contributed by atoms with van der Waals surface area (Å²) < 4.78 is 20.3. The van der Waals surface area contributed by atoms with Gasteiger partial charge in [-0.1, -0.05) is 24.3 Å². The van der Waals surface area contributed by atoms with Crippen LogP contribution in [0, 0.1) is 17.7 Å². The lowest BCUT2D eigenvalue weighted by Gasteiger charge is -2.23. The molecule has 3 aliphatic rings. The van der Waals surface area contributed by atoms with Gasteiger partial charge in [0.1, 0.15) is 11.4 Å². The number of halogens is 1. The molecule has 142 valence electrons. The van der Waals surface area contributed by atoms with E-state index in [1.165, 1.54) is 11.0 Å². The lowest BCUT2D eigenvalue weighted by Crippen LogP contribution is -2.44. The van der Waals surface area contributed by atoms with Crippen molar-refractivity contribution in [3.05, 3.63) is 72.3 Å². The van der Waals surface area contributed by atoms with E-state index >= 15 is 0 Å². The molecule has 0 radical (unpaired) electrons. The zero-order chi connectivity index (χ0) is 19.3. The summed E-state index contributed by atoms with van der Waals surface area (Å²) >= 11 is 0. The van der Waals surface area contributed by atoms with Crippen LogP contribution >= 0.6 is 0 Å². The number of fused-ring (bicyclic) bond motifs is 1. The molecule has 2 bridgehead atoms. The number of carbonyl (C=O) groups is 2. The quantitative estimate of drug-likeness (QED) is 0.823. The first-order valence-electron chi connectivity index (χ1n) is 9.19. The number of benzene rings is 1. The number of anilines is 1. The molecule has 1 aromatic carbocycles. The highest BCUT2D eigenvalue weighted by molar-refractivity contribution is 6.03. The van der Waals surface area contributed by atoms with Crippen molar-refractivity contribution >= 4 is 17.5 Å². The third-order valence-corrected chi connectivity index (χ3v) is 5.76. The average Bonchev–Trinajstić information content (AvgIpc) is 3.36. The Kier molecular flexibility index (Phi) is 3.80. The van der Waals surface area contributed by atoms with E-state index in [9.17, 15) is 14.0 Å². The van der Waals surface area contributed by atoms with Gasteiger partial charge in [0.25, 0.3) is 0 Å². The Bertz CT molecular complexity index is 980. The fourth-order valence-electron chi connectivity index (χ4n) is 4.48. The van der Waals surface area contributed by atoms with Crippen LogP contribution in [0.2, 0.25) is 0 Å². The van der Waals surface area contributed by atoms with Gasteiger partial charge in [-0.05, 0) is 29.8 Å². The molecule has 2 aromatic rings. The van der Waals surface area contributed by atoms with Gasteiger partial charge in [-0.15, -0.1) is 0 Å². The largest absolute Gasteiger partial charge is 0.360 e. The first kappa shape index (κ1) is 17.1. The maximum Gasteiger partial charge on any atom is 0.234 e. The van der Waals surface area contributed by atoms with E-state index in [1.54, 1.807) is 30.6 Å². The predicted octanol–water partition coefficient (Wildman–Crippen LogP) is 1.82. The molecule has 7 heteroatoms. The van der Waals surface area contributed by atoms with E-state index in [-0.39, 0.29) is 24.0 Å². The van der Waals surface area contributed by atoms with E-state index in [2.05, 4.69) is 10.3 Å². The molecule has 1 aromatic heterocycles. The average molecular weight is 379 g/mol. The second-order valence-electron chi connectivity index (χ2n) is 7.35. The molecule has 0 unspecified atom stereocenters. The van der Waals surface area contributed by atoms with Gasteiger partial charge in [0.2, 0.25) is 11.8 Å². The minimum atomic E-state index is -0.872. The Morgan fingerprint density at radius 2 is 2.07 bits per heavy atom. The lowest BCUT2D eigenvalue weighted by molar-refractivity contribution is -0.132. The van der Waals surface area contributed by atoms with Gasteiger partial charge in [-0.25, -0.2) is 4.39 Å². The Labute approximate surface area is 161 Å². The molecule has 4 heterocycles. The summed E-state index contributed by atoms with van der Waals surface area (Å²) in [5.41, 5.74) is 0.263. The maximum absolute atomic E-state index is 14.3. The number of para-hydroxylation sites is 1. The molecule has 5 rings (SSSR count). The van der Waals surface area contributed by atoms with Crippen LogP contribution in [0.5, 0.6) is 0 Å². The third-order valence-electron chi connectivity index (χ3n) is 5.76. The van der Waals surface area contributed by atoms with Crippen molar-refractivity contribution in [2.45, 2.75) is 18.2 Å². The van der Waals surface area contributed by atoms with Crippen molar-refractivity contribution in [1.29, 1.82) is 0 Å². The van der Waals surface area contributed by atoms with Crippen molar-refractivity contribution in [2.75, 3.05) is 11.4 Å². The molecule has 3 aliphatic heterocycles. The molecule has 6 nitrogen and oxygen atoms in total. The van der Waals surface area contributed by atoms with Crippen molar-refractivity contribution in [2.24, 2.45) is 11.8 Å². The van der Waals surface area contributed by atoms with Crippen molar-refractivity contribution in [3.63, 3.8) is 0 Å². The van der Waals surface area contributed by atoms with Crippen LogP contribution in [-0.4, -0.2) is 35.0 Å². The molecule has 2 fully saturated rings. The van der Waals surface area contributed by atoms with Gasteiger partial charge >= 0.3 is 0 Å². The summed E-state index contributed by atoms with van der Waals surface area (Å²) in [6.45, 7) is 0.553. The Morgan fingerprint density at radius 1 is 1.29 bits per heavy atom. The Balaban J connectivity index is 1.40. The summed E-state index contributed by atoms with van der Waals surface area (Å²) in [6, 6.07) is 9.79. The smallest absolute Gasteiger partial charge is 0.234 e. The highest BCUT2D eigenvalue weighted by Gasteiger charge is 2.67. The van der Waals surface area contributed by atoms with Crippen molar-refractivity contribution in [1.82, 2.24) is 10.3 Å². The maximum atomic E-state index is 14.3. The summed E-state index contributed by atoms with van der Waals surface area (Å²) in [6.07, 6.45) is 6.58. The number of amides is 2. The number of rotatable bonds is 4. The zero-order valence-electron chi connectivity index (χ0n) is 14.9. The summed E-state index contributed by atoms with van der Waals surface area (Å²) in [4.78, 5) is 31.4. The SMILES string of the molecule is O=C(NCc1ccncc1)[C@@H]1[C@@H]2C=C[C@@]3(CN(c4ccccc4F)C(=O)[C@H]13)O2. The van der Waals surface area contributed by atoms with Gasteiger partial charge in [-0.2, -0.15) is 0 Å². The summed E-state index contributed by atoms with van der Waals surface area (Å²) in [7, 11) is 0. The fourth-order valence-corrected chi connectivity index (χ4v) is 4.48. The van der Waals surface area contributed by atoms with Crippen molar-refractivity contribution < 1.29 is 18.7 Å². The zero-order valence-corrected chi connectivity index (χ0v) is 14.9. The highest BCUT2D eigenvalue weighted by atomic mass is 19.1. The molecular formula is C21H18FN3O3. The second kappa shape index (κ2) is 6.24. The number of hydrogen-bond donors (Lipinski definition) is 1. The van der Waals surface area contributed by atoms with Crippen LogP contribution in [0.3, 0.4) is 0 Å². The summed E-state index contributed by atoms with van der Waals surface area (Å²) in [5.74, 6) is -2.26. The highest BCUT2D eigenvalue weighted by Crippen LogP contribution is 2.52. The standard InChI is InChI=1S/C21H18FN3O3/c22-14-3-1-2-4-15(14)25-12-21-8-5-16(28-21)17(18(21)20(25)27)19(26)24-11-13-6-9-23-10-7-13/h1-10,16-18H,11-12H2,(H,24,26)/t16-,17+,18-,21-/m0/s1. The molecule has 28 heavy (non-hydrogen) atoms. The first-order chi connectivity index (χ1) is 13.6.